The minimum Gasteiger partial charge on any atom is -0.332 e. The molecule has 36 heavy (non-hydrogen) atoms. The van der Waals surface area contributed by atoms with E-state index in [0.717, 1.165) is 23.3 Å². The second-order valence-electron chi connectivity index (χ2n) is 8.51. The Kier molecular flexibility index (Phi) is 6.05. The number of fused-ring (bicyclic) bond motifs is 1. The molecule has 182 valence electrons. The highest BCUT2D eigenvalue weighted by Crippen LogP contribution is 2.32. The van der Waals surface area contributed by atoms with Crippen LogP contribution in [0.15, 0.2) is 85.2 Å². The van der Waals surface area contributed by atoms with Crippen LogP contribution in [-0.4, -0.2) is 26.5 Å². The molecule has 0 bridgehead atoms. The molecule has 0 spiro atoms. The molecule has 6 nitrogen and oxygen atoms in total. The van der Waals surface area contributed by atoms with Crippen LogP contribution in [0.2, 0.25) is 0 Å². The topological polar surface area (TPSA) is 67.2 Å². The van der Waals surface area contributed by atoms with E-state index < -0.39 is 11.7 Å². The minimum absolute atomic E-state index is 0.0500. The average Bonchev–Trinajstić information content (AvgIpc) is 3.53. The zero-order valence-electron chi connectivity index (χ0n) is 19.0. The van der Waals surface area contributed by atoms with Crippen molar-refractivity contribution in [3.8, 4) is 11.1 Å². The Morgan fingerprint density at radius 3 is 2.39 bits per heavy atom. The molecule has 0 saturated carbocycles. The van der Waals surface area contributed by atoms with Crippen LogP contribution in [0.5, 0.6) is 0 Å². The lowest BCUT2D eigenvalue weighted by molar-refractivity contribution is -0.137. The number of nitrogens with zero attached hydrogens (tertiary/aromatic N) is 3. The molecule has 1 N–H and O–H groups in total. The summed E-state index contributed by atoms with van der Waals surface area (Å²) in [6.45, 7) is 1.08. The van der Waals surface area contributed by atoms with Crippen molar-refractivity contribution in [3.63, 3.8) is 0 Å². The van der Waals surface area contributed by atoms with Crippen LogP contribution in [0.3, 0.4) is 0 Å². The fourth-order valence-corrected chi connectivity index (χ4v) is 4.25. The molecule has 0 atom stereocenters. The van der Waals surface area contributed by atoms with Gasteiger partial charge in [0, 0.05) is 36.7 Å². The van der Waals surface area contributed by atoms with E-state index in [1.165, 1.54) is 12.1 Å². The molecule has 9 heteroatoms. The quantitative estimate of drug-likeness (QED) is 0.409. The van der Waals surface area contributed by atoms with Gasteiger partial charge in [-0.25, -0.2) is 0 Å². The van der Waals surface area contributed by atoms with E-state index in [4.69, 9.17) is 0 Å². The molecule has 4 aromatic rings. The number of carbonyl (C=O) groups excluding carboxylic acids is 2. The van der Waals surface area contributed by atoms with Crippen molar-refractivity contribution >= 4 is 17.5 Å². The highest BCUT2D eigenvalue weighted by atomic mass is 19.4. The second kappa shape index (κ2) is 9.33. The van der Waals surface area contributed by atoms with Crippen LogP contribution in [-0.2, 0) is 30.6 Å². The number of hydrogen-bond donors (Lipinski definition) is 1. The van der Waals surface area contributed by atoms with Gasteiger partial charge in [-0.3, -0.25) is 14.3 Å². The van der Waals surface area contributed by atoms with Crippen LogP contribution in [0.4, 0.5) is 18.9 Å². The zero-order valence-corrected chi connectivity index (χ0v) is 19.0. The van der Waals surface area contributed by atoms with E-state index in [0.29, 0.717) is 35.5 Å². The van der Waals surface area contributed by atoms with Gasteiger partial charge < -0.3 is 10.2 Å². The number of amides is 2. The lowest BCUT2D eigenvalue weighted by Crippen LogP contribution is -2.29. The number of rotatable bonds is 5. The number of nitrogens with one attached hydrogen (secondary N) is 1. The summed E-state index contributed by atoms with van der Waals surface area (Å²) in [6.07, 6.45) is -1.07. The van der Waals surface area contributed by atoms with E-state index in [1.54, 1.807) is 58.4 Å². The fraction of sp³-hybridized carbons (Fsp3) is 0.148. The van der Waals surface area contributed by atoms with Gasteiger partial charge in [-0.1, -0.05) is 36.4 Å². The van der Waals surface area contributed by atoms with Gasteiger partial charge in [0.25, 0.3) is 5.91 Å². The summed E-state index contributed by atoms with van der Waals surface area (Å²) in [4.78, 5) is 27.5. The van der Waals surface area contributed by atoms with Crippen LogP contribution >= 0.6 is 0 Å². The Morgan fingerprint density at radius 2 is 1.67 bits per heavy atom. The van der Waals surface area contributed by atoms with Crippen molar-refractivity contribution in [1.29, 1.82) is 0 Å². The van der Waals surface area contributed by atoms with E-state index in [1.807, 2.05) is 12.1 Å². The van der Waals surface area contributed by atoms with E-state index in [-0.39, 0.29) is 18.4 Å². The summed E-state index contributed by atoms with van der Waals surface area (Å²) in [5.74, 6) is -0.430. The van der Waals surface area contributed by atoms with Crippen LogP contribution in [0, 0.1) is 0 Å². The van der Waals surface area contributed by atoms with Crippen LogP contribution in [0.25, 0.3) is 11.1 Å². The minimum atomic E-state index is -4.43. The summed E-state index contributed by atoms with van der Waals surface area (Å²) in [6, 6.07) is 18.8. The number of hydrogen-bond acceptors (Lipinski definition) is 3. The molecule has 2 heterocycles. The van der Waals surface area contributed by atoms with Gasteiger partial charge in [0.15, 0.2) is 0 Å². The van der Waals surface area contributed by atoms with Gasteiger partial charge in [0.1, 0.15) is 6.54 Å². The monoisotopic (exact) mass is 490 g/mol. The first-order valence-corrected chi connectivity index (χ1v) is 11.2. The van der Waals surface area contributed by atoms with Crippen molar-refractivity contribution in [1.82, 2.24) is 14.7 Å². The SMILES string of the molecule is O=C(Nc1ccc2c(c1)CN(C(=O)Cn1cccn1)C2)c1ccccc1-c1ccc(C(F)(F)F)cc1. The molecular formula is C27H21F3N4O2. The smallest absolute Gasteiger partial charge is 0.332 e. The molecule has 1 aliphatic heterocycles. The second-order valence-corrected chi connectivity index (χ2v) is 8.51. The standard InChI is InChI=1S/C27H21F3N4O2/c28-27(29,30)21-9-6-18(7-10-21)23-4-1-2-5-24(23)26(36)32-22-11-8-19-15-33(16-20(19)14-22)25(35)17-34-13-3-12-31-34/h1-14H,15-17H2,(H,32,36). The molecule has 0 saturated heterocycles. The van der Waals surface area contributed by atoms with Gasteiger partial charge in [-0.15, -0.1) is 0 Å². The predicted octanol–water partition coefficient (Wildman–Crippen LogP) is 5.36. The fourth-order valence-electron chi connectivity index (χ4n) is 4.25. The lowest BCUT2D eigenvalue weighted by Gasteiger charge is -2.15. The third-order valence-electron chi connectivity index (χ3n) is 6.09. The van der Waals surface area contributed by atoms with Crippen molar-refractivity contribution in [2.75, 3.05) is 5.32 Å². The molecule has 3 aromatic carbocycles. The summed E-state index contributed by atoms with van der Waals surface area (Å²) >= 11 is 0. The molecule has 1 aliphatic rings. The normalized spacial score (nSPS) is 12.9. The van der Waals surface area contributed by atoms with Gasteiger partial charge in [0.05, 0.1) is 5.56 Å². The highest BCUT2D eigenvalue weighted by Gasteiger charge is 2.30. The molecule has 1 aromatic heterocycles. The molecule has 0 unspecified atom stereocenters. The van der Waals surface area contributed by atoms with E-state index in [9.17, 15) is 22.8 Å². The first-order valence-electron chi connectivity index (χ1n) is 11.2. The third-order valence-corrected chi connectivity index (χ3v) is 6.09. The summed E-state index contributed by atoms with van der Waals surface area (Å²) in [7, 11) is 0. The van der Waals surface area contributed by atoms with E-state index in [2.05, 4.69) is 10.4 Å². The van der Waals surface area contributed by atoms with Crippen LogP contribution < -0.4 is 5.32 Å². The molecule has 5 rings (SSSR count). The lowest BCUT2D eigenvalue weighted by atomic mass is 9.98. The summed E-state index contributed by atoms with van der Waals surface area (Å²) < 4.78 is 40.4. The Labute approximate surface area is 205 Å². The first kappa shape index (κ1) is 23.3. The number of carbonyl (C=O) groups is 2. The number of halogens is 3. The maximum absolute atomic E-state index is 13.1. The van der Waals surface area contributed by atoms with E-state index >= 15 is 0 Å². The van der Waals surface area contributed by atoms with Crippen molar-refractivity contribution in [2.24, 2.45) is 0 Å². The number of aromatic nitrogens is 2. The number of alkyl halides is 3. The Balaban J connectivity index is 1.31. The maximum atomic E-state index is 13.1. The molecule has 0 radical (unpaired) electrons. The van der Waals surface area contributed by atoms with Crippen molar-refractivity contribution < 1.29 is 22.8 Å². The summed E-state index contributed by atoms with van der Waals surface area (Å²) in [5.41, 5.74) is 3.15. The predicted molar refractivity (Wildman–Crippen MR) is 128 cm³/mol. The Bertz CT molecular complexity index is 1410. The number of benzene rings is 3. The number of anilines is 1. The maximum Gasteiger partial charge on any atom is 0.416 e. The van der Waals surface area contributed by atoms with Gasteiger partial charge in [-0.05, 0) is 58.7 Å². The van der Waals surface area contributed by atoms with Crippen LogP contribution in [0.1, 0.15) is 27.0 Å². The largest absolute Gasteiger partial charge is 0.416 e. The Morgan fingerprint density at radius 1 is 0.917 bits per heavy atom. The van der Waals surface area contributed by atoms with Gasteiger partial charge >= 0.3 is 6.18 Å². The van der Waals surface area contributed by atoms with Gasteiger partial charge in [-0.2, -0.15) is 18.3 Å². The average molecular weight is 490 g/mol. The third kappa shape index (κ3) is 4.86. The Hall–Kier alpha value is -4.40. The van der Waals surface area contributed by atoms with Crippen molar-refractivity contribution in [2.45, 2.75) is 25.8 Å². The van der Waals surface area contributed by atoms with Gasteiger partial charge in [0.2, 0.25) is 5.91 Å². The molecule has 0 aliphatic carbocycles. The summed E-state index contributed by atoms with van der Waals surface area (Å²) in [5, 5.41) is 6.95. The molecule has 0 fully saturated rings. The first-order chi connectivity index (χ1) is 17.3. The molecule has 2 amide bonds. The zero-order chi connectivity index (χ0) is 25.3. The molecular weight excluding hydrogens is 469 g/mol. The highest BCUT2D eigenvalue weighted by molar-refractivity contribution is 6.08. The van der Waals surface area contributed by atoms with Crippen molar-refractivity contribution in [3.05, 3.63) is 107 Å².